The minimum absolute atomic E-state index is 0.110. The van der Waals surface area contributed by atoms with Crippen molar-refractivity contribution in [2.24, 2.45) is 0 Å². The number of thiocarbonyl (C=S) groups is 1. The predicted octanol–water partition coefficient (Wildman–Crippen LogP) is 5.24. The van der Waals surface area contributed by atoms with Crippen molar-refractivity contribution in [3.8, 4) is 11.5 Å². The first kappa shape index (κ1) is 22.5. The van der Waals surface area contributed by atoms with Gasteiger partial charge in [0.15, 0.2) is 5.11 Å². The van der Waals surface area contributed by atoms with Crippen LogP contribution in [-0.2, 0) is 4.79 Å². The highest BCUT2D eigenvalue weighted by molar-refractivity contribution is 8.00. The summed E-state index contributed by atoms with van der Waals surface area (Å²) in [5.74, 6) is 1.49. The molecule has 160 valence electrons. The lowest BCUT2D eigenvalue weighted by Gasteiger charge is -2.14. The van der Waals surface area contributed by atoms with Crippen molar-refractivity contribution in [3.63, 3.8) is 0 Å². The zero-order chi connectivity index (χ0) is 22.1. The molecule has 8 heteroatoms. The zero-order valence-electron chi connectivity index (χ0n) is 17.2. The molecule has 3 aromatic carbocycles. The fourth-order valence-electron chi connectivity index (χ4n) is 2.78. The fraction of sp³-hybridized carbons (Fsp3) is 0.130. The summed E-state index contributed by atoms with van der Waals surface area (Å²) in [6, 6.07) is 22.6. The van der Waals surface area contributed by atoms with Crippen molar-refractivity contribution in [2.75, 3.05) is 35.9 Å². The first-order valence-corrected chi connectivity index (χ1v) is 10.8. The molecule has 3 rings (SSSR count). The lowest BCUT2D eigenvalue weighted by molar-refractivity contribution is -0.113. The van der Waals surface area contributed by atoms with E-state index >= 15 is 0 Å². The van der Waals surface area contributed by atoms with Crippen LogP contribution in [0.1, 0.15) is 0 Å². The summed E-state index contributed by atoms with van der Waals surface area (Å²) in [5.41, 5.74) is 2.25. The molecule has 0 unspecified atom stereocenters. The Labute approximate surface area is 191 Å². The van der Waals surface area contributed by atoms with Crippen molar-refractivity contribution in [1.29, 1.82) is 0 Å². The highest BCUT2D eigenvalue weighted by atomic mass is 32.2. The van der Waals surface area contributed by atoms with Crippen LogP contribution in [0.25, 0.3) is 0 Å². The van der Waals surface area contributed by atoms with Gasteiger partial charge in [-0.25, -0.2) is 0 Å². The van der Waals surface area contributed by atoms with Crippen LogP contribution in [-0.4, -0.2) is 31.0 Å². The molecule has 0 heterocycles. The van der Waals surface area contributed by atoms with E-state index < -0.39 is 0 Å². The van der Waals surface area contributed by atoms with E-state index in [9.17, 15) is 4.79 Å². The average Bonchev–Trinajstić information content (AvgIpc) is 2.78. The number of nitrogens with one attached hydrogen (secondary N) is 3. The number of thioether (sulfide) groups is 1. The third-order valence-electron chi connectivity index (χ3n) is 4.20. The van der Waals surface area contributed by atoms with Crippen molar-refractivity contribution in [3.05, 3.63) is 72.8 Å². The number of carbonyl (C=O) groups excluding carboxylic acids is 1. The van der Waals surface area contributed by atoms with Crippen molar-refractivity contribution in [1.82, 2.24) is 0 Å². The highest BCUT2D eigenvalue weighted by Crippen LogP contribution is 2.26. The summed E-state index contributed by atoms with van der Waals surface area (Å²) in [5, 5.41) is 9.61. The number of hydrogen-bond donors (Lipinski definition) is 3. The monoisotopic (exact) mass is 453 g/mol. The summed E-state index contributed by atoms with van der Waals surface area (Å²) in [7, 11) is 3.19. The van der Waals surface area contributed by atoms with Crippen LogP contribution in [0.5, 0.6) is 11.5 Å². The second-order valence-corrected chi connectivity index (χ2v) is 7.80. The number of carbonyl (C=O) groups is 1. The van der Waals surface area contributed by atoms with Crippen LogP contribution in [0, 0.1) is 0 Å². The minimum Gasteiger partial charge on any atom is -0.495 e. The van der Waals surface area contributed by atoms with E-state index in [0.717, 1.165) is 16.3 Å². The van der Waals surface area contributed by atoms with Gasteiger partial charge in [0.1, 0.15) is 11.5 Å². The number of benzene rings is 3. The summed E-state index contributed by atoms with van der Waals surface area (Å²) < 4.78 is 10.6. The van der Waals surface area contributed by atoms with Crippen LogP contribution < -0.4 is 25.4 Å². The molecule has 0 saturated carbocycles. The SMILES string of the molecule is COc1ccccc1NC(=O)CSc1cccc(NC(=S)Nc2ccccc2OC)c1. The lowest BCUT2D eigenvalue weighted by Crippen LogP contribution is -2.19. The van der Waals surface area contributed by atoms with Gasteiger partial charge in [0.05, 0.1) is 31.3 Å². The van der Waals surface area contributed by atoms with Gasteiger partial charge >= 0.3 is 0 Å². The molecule has 31 heavy (non-hydrogen) atoms. The molecule has 3 aromatic rings. The Balaban J connectivity index is 1.55. The summed E-state index contributed by atoms with van der Waals surface area (Å²) in [6.45, 7) is 0. The Kier molecular flexibility index (Phi) is 8.14. The third-order valence-corrected chi connectivity index (χ3v) is 5.40. The zero-order valence-corrected chi connectivity index (χ0v) is 18.8. The topological polar surface area (TPSA) is 71.6 Å². The summed E-state index contributed by atoms with van der Waals surface area (Å²) in [6.07, 6.45) is 0. The molecule has 0 radical (unpaired) electrons. The van der Waals surface area contributed by atoms with E-state index in [4.69, 9.17) is 21.7 Å². The number of para-hydroxylation sites is 4. The maximum Gasteiger partial charge on any atom is 0.234 e. The molecular formula is C23H23N3O3S2. The summed E-state index contributed by atoms with van der Waals surface area (Å²) >= 11 is 6.85. The van der Waals surface area contributed by atoms with E-state index in [-0.39, 0.29) is 11.7 Å². The highest BCUT2D eigenvalue weighted by Gasteiger charge is 2.09. The average molecular weight is 454 g/mol. The maximum atomic E-state index is 12.3. The Morgan fingerprint density at radius 2 is 1.45 bits per heavy atom. The van der Waals surface area contributed by atoms with Gasteiger partial charge in [-0.2, -0.15) is 0 Å². The fourth-order valence-corrected chi connectivity index (χ4v) is 3.76. The van der Waals surface area contributed by atoms with E-state index in [1.165, 1.54) is 11.8 Å². The molecule has 0 fully saturated rings. The standard InChI is InChI=1S/C23H23N3O3S2/c1-28-20-12-5-3-10-18(20)25-22(27)15-31-17-9-7-8-16(14-17)24-23(30)26-19-11-4-6-13-21(19)29-2/h3-14H,15H2,1-2H3,(H,25,27)(H2,24,26,30). The molecule has 0 aliphatic rings. The number of rotatable bonds is 8. The largest absolute Gasteiger partial charge is 0.495 e. The smallest absolute Gasteiger partial charge is 0.234 e. The number of methoxy groups -OCH3 is 2. The normalized spacial score (nSPS) is 10.1. The Morgan fingerprint density at radius 3 is 2.10 bits per heavy atom. The van der Waals surface area contributed by atoms with Gasteiger partial charge in [-0.1, -0.05) is 30.3 Å². The van der Waals surface area contributed by atoms with Crippen LogP contribution in [0.15, 0.2) is 77.7 Å². The maximum absolute atomic E-state index is 12.3. The van der Waals surface area contributed by atoms with Gasteiger partial charge in [-0.05, 0) is 54.7 Å². The van der Waals surface area contributed by atoms with Crippen LogP contribution in [0.3, 0.4) is 0 Å². The van der Waals surface area contributed by atoms with Crippen molar-refractivity contribution in [2.45, 2.75) is 4.90 Å². The molecular weight excluding hydrogens is 430 g/mol. The predicted molar refractivity (Wildman–Crippen MR) is 132 cm³/mol. The lowest BCUT2D eigenvalue weighted by atomic mass is 10.3. The quantitative estimate of drug-likeness (QED) is 0.318. The molecule has 0 saturated heterocycles. The summed E-state index contributed by atoms with van der Waals surface area (Å²) in [4.78, 5) is 13.3. The molecule has 0 atom stereocenters. The number of anilines is 3. The molecule has 0 spiro atoms. The Hall–Kier alpha value is -3.23. The molecule has 3 N–H and O–H groups in total. The number of hydrogen-bond acceptors (Lipinski definition) is 5. The first-order chi connectivity index (χ1) is 15.1. The van der Waals surface area contributed by atoms with Crippen LogP contribution >= 0.6 is 24.0 Å². The van der Waals surface area contributed by atoms with Gasteiger partial charge in [0, 0.05) is 10.6 Å². The van der Waals surface area contributed by atoms with Gasteiger partial charge in [-0.15, -0.1) is 11.8 Å². The number of amides is 1. The van der Waals surface area contributed by atoms with Gasteiger partial charge in [0.2, 0.25) is 5.91 Å². The second kappa shape index (κ2) is 11.2. The first-order valence-electron chi connectivity index (χ1n) is 9.46. The molecule has 0 bridgehead atoms. The van der Waals surface area contributed by atoms with E-state index in [2.05, 4.69) is 16.0 Å². The number of ether oxygens (including phenoxy) is 2. The van der Waals surface area contributed by atoms with Gasteiger partial charge in [0.25, 0.3) is 0 Å². The van der Waals surface area contributed by atoms with E-state index in [0.29, 0.717) is 22.3 Å². The molecule has 1 amide bonds. The molecule has 6 nitrogen and oxygen atoms in total. The van der Waals surface area contributed by atoms with Crippen molar-refractivity contribution < 1.29 is 14.3 Å². The van der Waals surface area contributed by atoms with E-state index in [1.807, 2.05) is 66.7 Å². The van der Waals surface area contributed by atoms with E-state index in [1.54, 1.807) is 20.3 Å². The second-order valence-electron chi connectivity index (χ2n) is 6.34. The van der Waals surface area contributed by atoms with Crippen molar-refractivity contribution >= 4 is 52.1 Å². The van der Waals surface area contributed by atoms with Crippen LogP contribution in [0.4, 0.5) is 17.1 Å². The van der Waals surface area contributed by atoms with Gasteiger partial charge in [-0.3, -0.25) is 4.79 Å². The van der Waals surface area contributed by atoms with Crippen LogP contribution in [0.2, 0.25) is 0 Å². The molecule has 0 aromatic heterocycles. The minimum atomic E-state index is -0.110. The molecule has 0 aliphatic heterocycles. The molecule has 0 aliphatic carbocycles. The Morgan fingerprint density at radius 1 is 0.839 bits per heavy atom. The van der Waals surface area contributed by atoms with Gasteiger partial charge < -0.3 is 25.4 Å². The Bertz CT molecular complexity index is 1060. The third kappa shape index (κ3) is 6.63.